The third-order valence-corrected chi connectivity index (χ3v) is 2.76. The van der Waals surface area contributed by atoms with Gasteiger partial charge in [-0.25, -0.2) is 4.79 Å². The molecule has 1 rings (SSSR count). The van der Waals surface area contributed by atoms with Gasteiger partial charge in [0.05, 0.1) is 58.4 Å². The monoisotopic (exact) mass is 328 g/mol. The van der Waals surface area contributed by atoms with Crippen LogP contribution in [0.3, 0.4) is 0 Å². The maximum absolute atomic E-state index is 11.8. The summed E-state index contributed by atoms with van der Waals surface area (Å²) in [7, 11) is 0. The van der Waals surface area contributed by atoms with Crippen LogP contribution in [0.15, 0.2) is 24.3 Å². The van der Waals surface area contributed by atoms with Gasteiger partial charge >= 0.3 is 5.97 Å². The first-order valence-electron chi connectivity index (χ1n) is 7.49. The number of hydrogen-bond donors (Lipinski definition) is 2. The first kappa shape index (κ1) is 19.5. The van der Waals surface area contributed by atoms with E-state index < -0.39 is 5.97 Å². The lowest BCUT2D eigenvalue weighted by Crippen LogP contribution is -2.12. The summed E-state index contributed by atoms with van der Waals surface area (Å²) >= 11 is 0. The molecule has 23 heavy (non-hydrogen) atoms. The van der Waals surface area contributed by atoms with Crippen molar-refractivity contribution in [3.8, 4) is 0 Å². The molecule has 1 aromatic carbocycles. The zero-order valence-electron chi connectivity index (χ0n) is 13.1. The van der Waals surface area contributed by atoms with Crippen LogP contribution in [0.4, 0.5) is 0 Å². The third kappa shape index (κ3) is 9.27. The highest BCUT2D eigenvalue weighted by molar-refractivity contribution is 5.89. The first-order valence-corrected chi connectivity index (χ1v) is 7.49. The van der Waals surface area contributed by atoms with Crippen LogP contribution in [0.2, 0.25) is 0 Å². The number of hydrogen-bond acceptors (Lipinski definition) is 7. The van der Waals surface area contributed by atoms with Crippen molar-refractivity contribution in [2.75, 3.05) is 52.9 Å². The lowest BCUT2D eigenvalue weighted by atomic mass is 10.1. The fourth-order valence-corrected chi connectivity index (χ4v) is 1.65. The molecule has 0 unspecified atom stereocenters. The van der Waals surface area contributed by atoms with Crippen LogP contribution in [0, 0.1) is 0 Å². The molecule has 0 heterocycles. The highest BCUT2D eigenvalue weighted by Crippen LogP contribution is 2.07. The second-order valence-electron chi connectivity index (χ2n) is 4.56. The maximum atomic E-state index is 11.8. The number of esters is 1. The Kier molecular flexibility index (Phi) is 11.0. The average molecular weight is 328 g/mol. The van der Waals surface area contributed by atoms with Crippen molar-refractivity contribution in [2.24, 2.45) is 0 Å². The van der Waals surface area contributed by atoms with Crippen LogP contribution in [0.25, 0.3) is 0 Å². The fourth-order valence-electron chi connectivity index (χ4n) is 1.65. The zero-order chi connectivity index (χ0) is 16.8. The summed E-state index contributed by atoms with van der Waals surface area (Å²) < 4.78 is 20.5. The summed E-state index contributed by atoms with van der Waals surface area (Å²) in [5.74, 6) is -0.414. The molecule has 0 radical (unpaired) electrons. The van der Waals surface area contributed by atoms with Crippen LogP contribution in [-0.2, 0) is 25.6 Å². The van der Waals surface area contributed by atoms with E-state index in [-0.39, 0.29) is 33.0 Å². The highest BCUT2D eigenvalue weighted by Gasteiger charge is 2.06. The van der Waals surface area contributed by atoms with Gasteiger partial charge in [0.25, 0.3) is 0 Å². The summed E-state index contributed by atoms with van der Waals surface area (Å²) in [6.45, 7) is 2.21. The van der Waals surface area contributed by atoms with Gasteiger partial charge in [-0.2, -0.15) is 0 Å². The first-order chi connectivity index (χ1) is 11.3. The van der Waals surface area contributed by atoms with Crippen molar-refractivity contribution >= 4 is 5.97 Å². The molecule has 0 spiro atoms. The number of carbonyl (C=O) groups excluding carboxylic acids is 1. The predicted octanol–water partition coefficient (Wildman–Crippen LogP) is 0.378. The molecule has 130 valence electrons. The fraction of sp³-hybridized carbons (Fsp3) is 0.562. The molecule has 0 bridgehead atoms. The Morgan fingerprint density at radius 2 is 1.35 bits per heavy atom. The van der Waals surface area contributed by atoms with Gasteiger partial charge in [-0.1, -0.05) is 12.1 Å². The van der Waals surface area contributed by atoms with Crippen LogP contribution in [0.1, 0.15) is 15.9 Å². The molecule has 0 aromatic heterocycles. The maximum Gasteiger partial charge on any atom is 0.338 e. The molecule has 0 saturated heterocycles. The molecule has 1 aromatic rings. The number of aliphatic hydroxyl groups is 2. The van der Waals surface area contributed by atoms with Crippen LogP contribution < -0.4 is 0 Å². The molecule has 0 amide bonds. The molecular formula is C16H24O7. The molecule has 0 saturated carbocycles. The van der Waals surface area contributed by atoms with E-state index >= 15 is 0 Å². The number of ether oxygens (including phenoxy) is 4. The normalized spacial score (nSPS) is 10.7. The van der Waals surface area contributed by atoms with Gasteiger partial charge in [0.1, 0.15) is 6.61 Å². The minimum absolute atomic E-state index is 0.00508. The second-order valence-corrected chi connectivity index (χ2v) is 4.56. The van der Waals surface area contributed by atoms with Gasteiger partial charge < -0.3 is 29.2 Å². The van der Waals surface area contributed by atoms with E-state index in [1.54, 1.807) is 24.3 Å². The summed E-state index contributed by atoms with van der Waals surface area (Å²) in [5.41, 5.74) is 1.40. The van der Waals surface area contributed by atoms with Crippen molar-refractivity contribution < 1.29 is 34.0 Å². The second kappa shape index (κ2) is 13.0. The molecule has 7 nitrogen and oxygen atoms in total. The Hall–Kier alpha value is -1.51. The summed E-state index contributed by atoms with van der Waals surface area (Å²) in [5, 5.41) is 17.1. The molecule has 0 fully saturated rings. The van der Waals surface area contributed by atoms with Crippen molar-refractivity contribution in [3.05, 3.63) is 35.4 Å². The van der Waals surface area contributed by atoms with E-state index in [9.17, 15) is 4.79 Å². The van der Waals surface area contributed by atoms with Crippen molar-refractivity contribution in [1.29, 1.82) is 0 Å². The zero-order valence-corrected chi connectivity index (χ0v) is 13.1. The van der Waals surface area contributed by atoms with E-state index in [0.29, 0.717) is 32.0 Å². The van der Waals surface area contributed by atoms with E-state index in [2.05, 4.69) is 0 Å². The Balaban J connectivity index is 2.20. The molecule has 0 aliphatic carbocycles. The van der Waals surface area contributed by atoms with Crippen LogP contribution in [-0.4, -0.2) is 69.0 Å². The number of carbonyl (C=O) groups is 1. The Morgan fingerprint density at radius 1 is 0.783 bits per heavy atom. The topological polar surface area (TPSA) is 94.5 Å². The Bertz CT molecular complexity index is 419. The number of benzene rings is 1. The van der Waals surface area contributed by atoms with Gasteiger partial charge in [0, 0.05) is 0 Å². The molecule has 0 aliphatic rings. The largest absolute Gasteiger partial charge is 0.460 e. The molecule has 0 aliphatic heterocycles. The summed E-state index contributed by atoms with van der Waals surface area (Å²) in [4.78, 5) is 11.8. The van der Waals surface area contributed by atoms with E-state index in [1.807, 2.05) is 0 Å². The highest BCUT2D eigenvalue weighted by atomic mass is 16.6. The van der Waals surface area contributed by atoms with Gasteiger partial charge in [-0.15, -0.1) is 0 Å². The quantitative estimate of drug-likeness (QED) is 0.399. The third-order valence-electron chi connectivity index (χ3n) is 2.76. The van der Waals surface area contributed by atoms with E-state index in [0.717, 1.165) is 5.56 Å². The molecule has 2 N–H and O–H groups in total. The van der Waals surface area contributed by atoms with Gasteiger partial charge in [0.15, 0.2) is 0 Å². The molecule has 0 atom stereocenters. The van der Waals surface area contributed by atoms with E-state index in [4.69, 9.17) is 29.2 Å². The van der Waals surface area contributed by atoms with Crippen molar-refractivity contribution in [1.82, 2.24) is 0 Å². The van der Waals surface area contributed by atoms with Gasteiger partial charge in [0.2, 0.25) is 0 Å². The number of rotatable bonds is 13. The van der Waals surface area contributed by atoms with E-state index in [1.165, 1.54) is 0 Å². The van der Waals surface area contributed by atoms with Gasteiger partial charge in [-0.3, -0.25) is 0 Å². The molecular weight excluding hydrogens is 304 g/mol. The smallest absolute Gasteiger partial charge is 0.338 e. The summed E-state index contributed by atoms with van der Waals surface area (Å²) in [6, 6.07) is 6.95. The summed E-state index contributed by atoms with van der Waals surface area (Å²) in [6.07, 6.45) is 0. The van der Waals surface area contributed by atoms with Crippen LogP contribution in [0.5, 0.6) is 0 Å². The Labute approximate surface area is 135 Å². The van der Waals surface area contributed by atoms with Crippen LogP contribution >= 0.6 is 0 Å². The standard InChI is InChI=1S/C16H24O7/c17-5-7-20-9-10-22-13-14-1-3-15(4-2-14)16(19)23-12-11-21-8-6-18/h1-4,17-18H,5-13H2. The lowest BCUT2D eigenvalue weighted by Gasteiger charge is -2.07. The predicted molar refractivity (Wildman–Crippen MR) is 82.2 cm³/mol. The lowest BCUT2D eigenvalue weighted by molar-refractivity contribution is 0.0256. The van der Waals surface area contributed by atoms with Crippen molar-refractivity contribution in [3.63, 3.8) is 0 Å². The SMILES string of the molecule is O=C(OCCOCCO)c1ccc(COCCOCCO)cc1. The van der Waals surface area contributed by atoms with Gasteiger partial charge in [-0.05, 0) is 17.7 Å². The number of aliphatic hydroxyl groups excluding tert-OH is 2. The van der Waals surface area contributed by atoms with Crippen molar-refractivity contribution in [2.45, 2.75) is 6.61 Å². The minimum atomic E-state index is -0.414. The average Bonchev–Trinajstić information content (AvgIpc) is 2.58. The minimum Gasteiger partial charge on any atom is -0.460 e. The molecule has 7 heteroatoms. The Morgan fingerprint density at radius 3 is 1.96 bits per heavy atom.